The van der Waals surface area contributed by atoms with E-state index in [1.807, 2.05) is 6.07 Å². The van der Waals surface area contributed by atoms with Gasteiger partial charge in [-0.2, -0.15) is 0 Å². The van der Waals surface area contributed by atoms with Crippen LogP contribution in [0.2, 0.25) is 0 Å². The molecule has 1 aromatic carbocycles. The Bertz CT molecular complexity index is 554. The molecule has 2 rings (SSSR count). The molecule has 0 unspecified atom stereocenters. The van der Waals surface area contributed by atoms with Gasteiger partial charge in [0.05, 0.1) is 16.6 Å². The molecule has 0 spiro atoms. The molecule has 0 radical (unpaired) electrons. The Kier molecular flexibility index (Phi) is 4.24. The van der Waals surface area contributed by atoms with Gasteiger partial charge in [0.25, 0.3) is 0 Å². The Morgan fingerprint density at radius 3 is 2.78 bits per heavy atom. The van der Waals surface area contributed by atoms with Gasteiger partial charge in [-0.15, -0.1) is 0 Å². The molecule has 18 heavy (non-hydrogen) atoms. The van der Waals surface area contributed by atoms with Gasteiger partial charge >= 0.3 is 0 Å². The Labute approximate surface area is 119 Å². The van der Waals surface area contributed by atoms with E-state index >= 15 is 0 Å². The first kappa shape index (κ1) is 13.4. The fraction of sp³-hybridized carbons (Fsp3) is 0.308. The highest BCUT2D eigenvalue weighted by atomic mass is 79.9. The summed E-state index contributed by atoms with van der Waals surface area (Å²) in [5, 5.41) is 0.586. The number of nitrogens with zero attached hydrogens (tertiary/aromatic N) is 1. The van der Waals surface area contributed by atoms with Gasteiger partial charge in [0.1, 0.15) is 5.75 Å². The molecule has 0 aliphatic carbocycles. The number of ether oxygens (including phenoxy) is 1. The van der Waals surface area contributed by atoms with Gasteiger partial charge in [-0.05, 0) is 34.0 Å². The number of nitrogen functional groups attached to an aromatic ring is 1. The topological polar surface area (TPSA) is 48.1 Å². The molecule has 0 fully saturated rings. The molecule has 96 valence electrons. The molecule has 2 N–H and O–H groups in total. The van der Waals surface area contributed by atoms with E-state index in [1.54, 1.807) is 7.11 Å². The summed E-state index contributed by atoms with van der Waals surface area (Å²) < 4.78 is 6.38. The first-order valence-corrected chi connectivity index (χ1v) is 7.31. The molecule has 5 heteroatoms. The number of anilines is 1. The maximum Gasteiger partial charge on any atom is 0.181 e. The van der Waals surface area contributed by atoms with Crippen molar-refractivity contribution in [2.45, 2.75) is 19.8 Å². The zero-order chi connectivity index (χ0) is 13.1. The lowest BCUT2D eigenvalue weighted by Gasteiger charge is -2.09. The summed E-state index contributed by atoms with van der Waals surface area (Å²) in [4.78, 5) is 4.33. The normalized spacial score (nSPS) is 10.6. The fourth-order valence-electron chi connectivity index (χ4n) is 1.83. The standard InChI is InChI=1S/C13H15BrN2OS/c1-3-8-4-5-11(17-2)9(6-8)7-10-12(14)18-13(15)16-10/h4-6H,3,7H2,1-2H3,(H2,15,16). The minimum absolute atomic E-state index is 0.586. The van der Waals surface area contributed by atoms with Crippen LogP contribution in [0.4, 0.5) is 5.13 Å². The van der Waals surface area contributed by atoms with Crippen LogP contribution in [0.5, 0.6) is 5.75 Å². The van der Waals surface area contributed by atoms with Crippen molar-refractivity contribution < 1.29 is 4.74 Å². The monoisotopic (exact) mass is 326 g/mol. The lowest BCUT2D eigenvalue weighted by atomic mass is 10.0. The number of nitrogens with two attached hydrogens (primary N) is 1. The number of aromatic nitrogens is 1. The molecule has 0 aliphatic heterocycles. The molecule has 1 aromatic heterocycles. The first-order valence-electron chi connectivity index (χ1n) is 5.70. The van der Waals surface area contributed by atoms with Crippen LogP contribution in [0.1, 0.15) is 23.7 Å². The number of halogens is 1. The van der Waals surface area contributed by atoms with E-state index in [2.05, 4.69) is 40.0 Å². The highest BCUT2D eigenvalue weighted by molar-refractivity contribution is 9.11. The van der Waals surface area contributed by atoms with Crippen molar-refractivity contribution in [3.05, 3.63) is 38.8 Å². The molecule has 2 aromatic rings. The van der Waals surface area contributed by atoms with E-state index in [4.69, 9.17) is 10.5 Å². The van der Waals surface area contributed by atoms with E-state index in [-0.39, 0.29) is 0 Å². The number of rotatable bonds is 4. The highest BCUT2D eigenvalue weighted by Crippen LogP contribution is 2.30. The van der Waals surface area contributed by atoms with Gasteiger partial charge in [-0.25, -0.2) is 4.98 Å². The van der Waals surface area contributed by atoms with E-state index in [0.717, 1.165) is 33.6 Å². The number of benzene rings is 1. The van der Waals surface area contributed by atoms with Crippen LogP contribution < -0.4 is 10.5 Å². The predicted molar refractivity (Wildman–Crippen MR) is 79.4 cm³/mol. The number of aryl methyl sites for hydroxylation is 1. The van der Waals surface area contributed by atoms with Crippen molar-refractivity contribution in [1.82, 2.24) is 4.98 Å². The smallest absolute Gasteiger partial charge is 0.181 e. The van der Waals surface area contributed by atoms with Crippen LogP contribution in [0.15, 0.2) is 22.0 Å². The average molecular weight is 327 g/mol. The predicted octanol–water partition coefficient (Wildman–Crippen LogP) is 3.65. The number of hydrogen-bond donors (Lipinski definition) is 1. The van der Waals surface area contributed by atoms with Crippen molar-refractivity contribution >= 4 is 32.4 Å². The van der Waals surface area contributed by atoms with Gasteiger partial charge in [0, 0.05) is 12.0 Å². The van der Waals surface area contributed by atoms with Gasteiger partial charge < -0.3 is 10.5 Å². The van der Waals surface area contributed by atoms with Gasteiger partial charge in [-0.3, -0.25) is 0 Å². The van der Waals surface area contributed by atoms with Crippen LogP contribution in [-0.2, 0) is 12.8 Å². The minimum Gasteiger partial charge on any atom is -0.496 e. The highest BCUT2D eigenvalue weighted by Gasteiger charge is 2.11. The van der Waals surface area contributed by atoms with E-state index in [1.165, 1.54) is 16.9 Å². The van der Waals surface area contributed by atoms with Crippen LogP contribution in [0.3, 0.4) is 0 Å². The maximum absolute atomic E-state index is 5.71. The van der Waals surface area contributed by atoms with Crippen molar-refractivity contribution in [3.63, 3.8) is 0 Å². The van der Waals surface area contributed by atoms with Gasteiger partial charge in [-0.1, -0.05) is 30.4 Å². The lowest BCUT2D eigenvalue weighted by molar-refractivity contribution is 0.410. The van der Waals surface area contributed by atoms with Crippen molar-refractivity contribution in [3.8, 4) is 5.75 Å². The molecule has 0 aliphatic rings. The number of thiazole rings is 1. The van der Waals surface area contributed by atoms with Crippen LogP contribution >= 0.6 is 27.3 Å². The molecule has 0 atom stereocenters. The minimum atomic E-state index is 0.586. The van der Waals surface area contributed by atoms with Gasteiger partial charge in [0.2, 0.25) is 0 Å². The lowest BCUT2D eigenvalue weighted by Crippen LogP contribution is -1.97. The Morgan fingerprint density at radius 2 is 2.22 bits per heavy atom. The van der Waals surface area contributed by atoms with Crippen LogP contribution in [0, 0.1) is 0 Å². The molecule has 0 amide bonds. The zero-order valence-electron chi connectivity index (χ0n) is 10.4. The Hall–Kier alpha value is -1.07. The van der Waals surface area contributed by atoms with E-state index in [9.17, 15) is 0 Å². The summed E-state index contributed by atoms with van der Waals surface area (Å²) in [6, 6.07) is 6.27. The maximum atomic E-state index is 5.71. The molecule has 0 saturated heterocycles. The first-order chi connectivity index (χ1) is 8.63. The average Bonchev–Trinajstić information content (AvgIpc) is 2.67. The fourth-order valence-corrected chi connectivity index (χ4v) is 3.13. The SMILES string of the molecule is CCc1ccc(OC)c(Cc2nc(N)sc2Br)c1. The third-order valence-electron chi connectivity index (χ3n) is 2.78. The second-order valence-corrected chi connectivity index (χ2v) is 6.30. The number of methoxy groups -OCH3 is 1. The zero-order valence-corrected chi connectivity index (χ0v) is 12.8. The Morgan fingerprint density at radius 1 is 1.44 bits per heavy atom. The number of hydrogen-bond acceptors (Lipinski definition) is 4. The third kappa shape index (κ3) is 2.84. The molecular formula is C13H15BrN2OS. The largest absolute Gasteiger partial charge is 0.496 e. The van der Waals surface area contributed by atoms with Crippen molar-refractivity contribution in [2.75, 3.05) is 12.8 Å². The van der Waals surface area contributed by atoms with Crippen LogP contribution in [-0.4, -0.2) is 12.1 Å². The molecular weight excluding hydrogens is 312 g/mol. The van der Waals surface area contributed by atoms with Crippen LogP contribution in [0.25, 0.3) is 0 Å². The second-order valence-electron chi connectivity index (χ2n) is 3.95. The molecule has 3 nitrogen and oxygen atoms in total. The quantitative estimate of drug-likeness (QED) is 0.932. The van der Waals surface area contributed by atoms with Gasteiger partial charge in [0.15, 0.2) is 5.13 Å². The second kappa shape index (κ2) is 5.71. The molecule has 0 saturated carbocycles. The van der Waals surface area contributed by atoms with Crippen molar-refractivity contribution in [1.29, 1.82) is 0 Å². The van der Waals surface area contributed by atoms with E-state index < -0.39 is 0 Å². The summed E-state index contributed by atoms with van der Waals surface area (Å²) >= 11 is 4.95. The summed E-state index contributed by atoms with van der Waals surface area (Å²) in [5.41, 5.74) is 9.11. The molecule has 1 heterocycles. The van der Waals surface area contributed by atoms with Crippen molar-refractivity contribution in [2.24, 2.45) is 0 Å². The Balaban J connectivity index is 2.35. The summed E-state index contributed by atoms with van der Waals surface area (Å²) in [6.07, 6.45) is 1.74. The van der Waals surface area contributed by atoms with E-state index in [0.29, 0.717) is 5.13 Å². The summed E-state index contributed by atoms with van der Waals surface area (Å²) in [7, 11) is 1.69. The molecule has 0 bridgehead atoms. The summed E-state index contributed by atoms with van der Waals surface area (Å²) in [5.74, 6) is 0.894. The third-order valence-corrected chi connectivity index (χ3v) is 4.44. The summed E-state index contributed by atoms with van der Waals surface area (Å²) in [6.45, 7) is 2.14.